The maximum Gasteiger partial charge on any atom is 0.258 e. The summed E-state index contributed by atoms with van der Waals surface area (Å²) in [5, 5.41) is 0. The third-order valence-electron chi connectivity index (χ3n) is 5.83. The first kappa shape index (κ1) is 18.7. The van der Waals surface area contributed by atoms with Crippen molar-refractivity contribution in [1.82, 2.24) is 23.7 Å². The zero-order valence-electron chi connectivity index (χ0n) is 17.2. The van der Waals surface area contributed by atoms with Crippen LogP contribution in [0.4, 0.5) is 10.1 Å². The molecule has 0 amide bonds. The van der Waals surface area contributed by atoms with Crippen LogP contribution in [-0.4, -0.2) is 56.9 Å². The van der Waals surface area contributed by atoms with Gasteiger partial charge in [0.05, 0.1) is 17.1 Å². The molecule has 1 saturated heterocycles. The van der Waals surface area contributed by atoms with E-state index in [0.29, 0.717) is 22.9 Å². The van der Waals surface area contributed by atoms with Gasteiger partial charge in [-0.05, 0) is 45.6 Å². The van der Waals surface area contributed by atoms with Crippen molar-refractivity contribution in [2.24, 2.45) is 0 Å². The Balaban J connectivity index is 1.54. The molecular formula is C22H23FN6O. The first-order valence-electron chi connectivity index (χ1n) is 9.99. The number of hydrogen-bond donors (Lipinski definition) is 0. The highest BCUT2D eigenvalue weighted by atomic mass is 19.1. The van der Waals surface area contributed by atoms with Crippen molar-refractivity contribution in [1.29, 1.82) is 0 Å². The molecule has 5 rings (SSSR count). The van der Waals surface area contributed by atoms with E-state index in [4.69, 9.17) is 0 Å². The second-order valence-corrected chi connectivity index (χ2v) is 8.14. The van der Waals surface area contributed by atoms with Crippen molar-refractivity contribution in [3.63, 3.8) is 0 Å². The molecular weight excluding hydrogens is 383 g/mol. The van der Waals surface area contributed by atoms with Gasteiger partial charge in [0, 0.05) is 49.4 Å². The third kappa shape index (κ3) is 3.13. The SMILES string of the molecule is Cc1cn2cc(-c3cc(=O)n4cc(N5CCC(N(C)C)C5)ccc4n3)cc(F)c2n1. The lowest BCUT2D eigenvalue weighted by Crippen LogP contribution is -2.31. The van der Waals surface area contributed by atoms with Crippen molar-refractivity contribution >= 4 is 17.0 Å². The fraction of sp³-hybridized carbons (Fsp3) is 0.318. The van der Waals surface area contributed by atoms with Gasteiger partial charge < -0.3 is 14.2 Å². The Kier molecular flexibility index (Phi) is 4.32. The minimum Gasteiger partial charge on any atom is -0.369 e. The highest BCUT2D eigenvalue weighted by Crippen LogP contribution is 2.24. The second kappa shape index (κ2) is 6.91. The molecule has 0 N–H and O–H groups in total. The Hall–Kier alpha value is -3.26. The summed E-state index contributed by atoms with van der Waals surface area (Å²) in [5.74, 6) is -0.442. The fourth-order valence-corrected chi connectivity index (χ4v) is 4.14. The van der Waals surface area contributed by atoms with Crippen LogP contribution in [0.5, 0.6) is 0 Å². The molecule has 1 aliphatic rings. The van der Waals surface area contributed by atoms with Gasteiger partial charge in [0.15, 0.2) is 11.5 Å². The van der Waals surface area contributed by atoms with Crippen LogP contribution in [0.3, 0.4) is 0 Å². The Morgan fingerprint density at radius 2 is 1.97 bits per heavy atom. The van der Waals surface area contributed by atoms with Gasteiger partial charge in [0.1, 0.15) is 5.65 Å². The average molecular weight is 406 g/mol. The number of pyridine rings is 2. The monoisotopic (exact) mass is 406 g/mol. The van der Waals surface area contributed by atoms with Gasteiger partial charge in [-0.2, -0.15) is 0 Å². The minimum absolute atomic E-state index is 0.192. The van der Waals surface area contributed by atoms with Crippen molar-refractivity contribution in [3.8, 4) is 11.3 Å². The smallest absolute Gasteiger partial charge is 0.258 e. The molecule has 1 unspecified atom stereocenters. The van der Waals surface area contributed by atoms with Crippen molar-refractivity contribution in [2.75, 3.05) is 32.1 Å². The van der Waals surface area contributed by atoms with Crippen molar-refractivity contribution in [3.05, 3.63) is 64.7 Å². The van der Waals surface area contributed by atoms with E-state index in [2.05, 4.69) is 33.9 Å². The number of nitrogens with zero attached hydrogens (tertiary/aromatic N) is 6. The number of halogens is 1. The van der Waals surface area contributed by atoms with Gasteiger partial charge in [-0.1, -0.05) is 0 Å². The lowest BCUT2D eigenvalue weighted by atomic mass is 10.2. The Labute approximate surface area is 173 Å². The van der Waals surface area contributed by atoms with Crippen LogP contribution in [0.15, 0.2) is 47.7 Å². The van der Waals surface area contributed by atoms with Crippen molar-refractivity contribution < 1.29 is 4.39 Å². The van der Waals surface area contributed by atoms with Crippen LogP contribution in [-0.2, 0) is 0 Å². The number of aromatic nitrogens is 4. The topological polar surface area (TPSA) is 58.2 Å². The normalized spacial score (nSPS) is 17.0. The number of imidazole rings is 1. The Morgan fingerprint density at radius 3 is 2.73 bits per heavy atom. The molecule has 0 aromatic carbocycles. The summed E-state index contributed by atoms with van der Waals surface area (Å²) >= 11 is 0. The summed E-state index contributed by atoms with van der Waals surface area (Å²) in [6, 6.07) is 7.18. The first-order chi connectivity index (χ1) is 14.4. The lowest BCUT2D eigenvalue weighted by Gasteiger charge is -2.22. The molecule has 0 spiro atoms. The molecule has 30 heavy (non-hydrogen) atoms. The quantitative estimate of drug-likeness (QED) is 0.524. The van der Waals surface area contributed by atoms with E-state index < -0.39 is 5.82 Å². The van der Waals surface area contributed by atoms with E-state index in [-0.39, 0.29) is 11.2 Å². The molecule has 1 atom stereocenters. The summed E-state index contributed by atoms with van der Waals surface area (Å²) in [6.07, 6.45) is 6.43. The molecule has 0 bridgehead atoms. The molecule has 5 heterocycles. The largest absolute Gasteiger partial charge is 0.369 e. The number of fused-ring (bicyclic) bond motifs is 2. The number of likely N-dealkylation sites (N-methyl/N-ethyl adjacent to an activating group) is 1. The molecule has 4 aromatic rings. The zero-order valence-corrected chi connectivity index (χ0v) is 17.2. The molecule has 8 heteroatoms. The fourth-order valence-electron chi connectivity index (χ4n) is 4.14. The van der Waals surface area contributed by atoms with Crippen LogP contribution >= 0.6 is 0 Å². The number of anilines is 1. The van der Waals surface area contributed by atoms with Crippen LogP contribution in [0.1, 0.15) is 12.1 Å². The highest BCUT2D eigenvalue weighted by molar-refractivity contribution is 5.64. The van der Waals surface area contributed by atoms with Gasteiger partial charge in [-0.25, -0.2) is 14.4 Å². The Morgan fingerprint density at radius 1 is 1.13 bits per heavy atom. The standard InChI is InChI=1S/C22H23FN6O/c1-14-10-28-11-15(8-18(23)22(28)24-14)19-9-21(30)29-13-17(4-5-20(29)25-19)27-7-6-16(12-27)26(2)3/h4-5,8-11,13,16H,6-7,12H2,1-3H3. The summed E-state index contributed by atoms with van der Waals surface area (Å²) in [6.45, 7) is 3.70. The summed E-state index contributed by atoms with van der Waals surface area (Å²) < 4.78 is 17.7. The maximum absolute atomic E-state index is 14.5. The molecule has 154 valence electrons. The predicted octanol–water partition coefficient (Wildman–Crippen LogP) is 2.60. The van der Waals surface area contributed by atoms with Crippen LogP contribution in [0.2, 0.25) is 0 Å². The van der Waals surface area contributed by atoms with Gasteiger partial charge in [-0.15, -0.1) is 0 Å². The molecule has 0 saturated carbocycles. The van der Waals surface area contributed by atoms with Crippen molar-refractivity contribution in [2.45, 2.75) is 19.4 Å². The third-order valence-corrected chi connectivity index (χ3v) is 5.83. The number of hydrogen-bond acceptors (Lipinski definition) is 5. The van der Waals surface area contributed by atoms with E-state index in [1.807, 2.05) is 25.3 Å². The van der Waals surface area contributed by atoms with Gasteiger partial charge in [0.2, 0.25) is 0 Å². The molecule has 4 aromatic heterocycles. The number of rotatable bonds is 3. The van der Waals surface area contributed by atoms with Crippen LogP contribution < -0.4 is 10.5 Å². The summed E-state index contributed by atoms with van der Waals surface area (Å²) in [7, 11) is 4.19. The van der Waals surface area contributed by atoms with Gasteiger partial charge in [-0.3, -0.25) is 9.20 Å². The first-order valence-corrected chi connectivity index (χ1v) is 9.99. The highest BCUT2D eigenvalue weighted by Gasteiger charge is 2.24. The van der Waals surface area contributed by atoms with Crippen LogP contribution in [0, 0.1) is 12.7 Å². The molecule has 7 nitrogen and oxygen atoms in total. The molecule has 0 aliphatic carbocycles. The summed E-state index contributed by atoms with van der Waals surface area (Å²) in [5.41, 5.74) is 3.31. The van der Waals surface area contributed by atoms with E-state index in [1.54, 1.807) is 21.2 Å². The van der Waals surface area contributed by atoms with Gasteiger partial charge >= 0.3 is 0 Å². The van der Waals surface area contributed by atoms with E-state index in [0.717, 1.165) is 30.9 Å². The zero-order chi connectivity index (χ0) is 21.0. The van der Waals surface area contributed by atoms with Gasteiger partial charge in [0.25, 0.3) is 5.56 Å². The second-order valence-electron chi connectivity index (χ2n) is 8.14. The minimum atomic E-state index is -0.442. The van der Waals surface area contributed by atoms with E-state index in [1.165, 1.54) is 12.1 Å². The molecule has 0 radical (unpaired) electrons. The number of aryl methyl sites for hydroxylation is 1. The lowest BCUT2D eigenvalue weighted by molar-refractivity contribution is 0.315. The molecule has 1 aliphatic heterocycles. The van der Waals surface area contributed by atoms with E-state index in [9.17, 15) is 9.18 Å². The predicted molar refractivity (Wildman–Crippen MR) is 115 cm³/mol. The Bertz CT molecular complexity index is 1320. The van der Waals surface area contributed by atoms with E-state index >= 15 is 0 Å². The van der Waals surface area contributed by atoms with Crippen LogP contribution in [0.25, 0.3) is 22.6 Å². The average Bonchev–Trinajstić information content (AvgIpc) is 3.34. The maximum atomic E-state index is 14.5. The molecule has 1 fully saturated rings. The summed E-state index contributed by atoms with van der Waals surface area (Å²) in [4.78, 5) is 26.2.